The molecule has 144 valence electrons. The van der Waals surface area contributed by atoms with E-state index in [-0.39, 0.29) is 17.2 Å². The molecule has 2 aromatic carbocycles. The third kappa shape index (κ3) is 6.45. The molecule has 2 rings (SSSR count). The lowest BCUT2D eigenvalue weighted by atomic mass is 10.3. The van der Waals surface area contributed by atoms with E-state index in [4.69, 9.17) is 4.74 Å². The Kier molecular flexibility index (Phi) is 6.16. The molecule has 1 N–H and O–H groups in total. The predicted molar refractivity (Wildman–Crippen MR) is 85.2 cm³/mol. The van der Waals surface area contributed by atoms with Gasteiger partial charge in [0.1, 0.15) is 11.5 Å². The fraction of sp³-hybridized carbons (Fsp3) is 0.188. The van der Waals surface area contributed by atoms with E-state index < -0.39 is 41.7 Å². The van der Waals surface area contributed by atoms with Gasteiger partial charge in [-0.05, 0) is 30.3 Å². The molecule has 27 heavy (non-hydrogen) atoms. The minimum absolute atomic E-state index is 0.0251. The number of benzene rings is 2. The maximum atomic E-state index is 13.4. The van der Waals surface area contributed by atoms with Crippen LogP contribution in [0.3, 0.4) is 0 Å². The van der Waals surface area contributed by atoms with Gasteiger partial charge in [0.05, 0.1) is 4.92 Å². The number of rotatable bonds is 7. The number of carbonyl (C=O) groups excluding carboxylic acids is 1. The van der Waals surface area contributed by atoms with Crippen molar-refractivity contribution in [2.24, 2.45) is 0 Å². The maximum absolute atomic E-state index is 13.4. The number of hydrogen-bond donors (Lipinski definition) is 1. The van der Waals surface area contributed by atoms with Gasteiger partial charge in [0.25, 0.3) is 5.91 Å². The molecule has 1 amide bonds. The van der Waals surface area contributed by atoms with Gasteiger partial charge in [-0.2, -0.15) is 17.6 Å². The zero-order valence-electron chi connectivity index (χ0n) is 13.5. The summed E-state index contributed by atoms with van der Waals surface area (Å²) in [6.07, 6.45) is -4.46. The van der Waals surface area contributed by atoms with Crippen LogP contribution in [0.4, 0.5) is 28.9 Å². The van der Waals surface area contributed by atoms with Crippen LogP contribution < -0.4 is 14.8 Å². The van der Waals surface area contributed by atoms with Crippen molar-refractivity contribution in [3.05, 3.63) is 58.4 Å². The molecule has 0 unspecified atom stereocenters. The molecule has 0 bridgehead atoms. The first-order chi connectivity index (χ1) is 12.6. The van der Waals surface area contributed by atoms with Crippen molar-refractivity contribution in [1.29, 1.82) is 0 Å². The van der Waals surface area contributed by atoms with Gasteiger partial charge in [0, 0.05) is 17.8 Å². The number of hydrogen-bond acceptors (Lipinski definition) is 5. The standard InChI is InChI=1S/C16H12F4N2O5/c17-13-7-12(5-6-14(13)22(24)25)26-8-15(23)21-10-1-3-11(4-2-10)27-9-16(18,19)20/h1-7H,8-9H2,(H,21,23). The Morgan fingerprint density at radius 1 is 1.07 bits per heavy atom. The number of nitro benzene ring substituents is 1. The number of nitrogens with one attached hydrogen (secondary N) is 1. The van der Waals surface area contributed by atoms with Crippen LogP contribution in [0.25, 0.3) is 0 Å². The number of alkyl halides is 3. The van der Waals surface area contributed by atoms with Crippen molar-refractivity contribution < 1.29 is 36.8 Å². The molecule has 0 aliphatic carbocycles. The molecule has 0 fully saturated rings. The second-order valence-electron chi connectivity index (χ2n) is 5.14. The Hall–Kier alpha value is -3.37. The lowest BCUT2D eigenvalue weighted by molar-refractivity contribution is -0.387. The van der Waals surface area contributed by atoms with Crippen molar-refractivity contribution in [3.63, 3.8) is 0 Å². The molecule has 11 heteroatoms. The van der Waals surface area contributed by atoms with Crippen LogP contribution in [0, 0.1) is 15.9 Å². The van der Waals surface area contributed by atoms with Crippen LogP contribution in [0.5, 0.6) is 11.5 Å². The molecule has 0 aliphatic rings. The van der Waals surface area contributed by atoms with E-state index in [0.29, 0.717) is 0 Å². The number of anilines is 1. The molecule has 0 atom stereocenters. The van der Waals surface area contributed by atoms with Crippen molar-refractivity contribution >= 4 is 17.3 Å². The lowest BCUT2D eigenvalue weighted by Crippen LogP contribution is -2.20. The normalized spacial score (nSPS) is 11.0. The monoisotopic (exact) mass is 388 g/mol. The predicted octanol–water partition coefficient (Wildman–Crippen LogP) is 3.69. The average Bonchev–Trinajstić information content (AvgIpc) is 2.58. The fourth-order valence-corrected chi connectivity index (χ4v) is 1.87. The zero-order chi connectivity index (χ0) is 20.0. The lowest BCUT2D eigenvalue weighted by Gasteiger charge is -2.10. The first kappa shape index (κ1) is 19.9. The van der Waals surface area contributed by atoms with Gasteiger partial charge in [-0.15, -0.1) is 0 Å². The molecule has 0 heterocycles. The van der Waals surface area contributed by atoms with Crippen LogP contribution in [-0.4, -0.2) is 30.2 Å². The highest BCUT2D eigenvalue weighted by Gasteiger charge is 2.28. The highest BCUT2D eigenvalue weighted by Crippen LogP contribution is 2.23. The number of nitro groups is 1. The second kappa shape index (κ2) is 8.34. The number of nitrogens with zero attached hydrogens (tertiary/aromatic N) is 1. The minimum Gasteiger partial charge on any atom is -0.484 e. The van der Waals surface area contributed by atoms with Gasteiger partial charge in [-0.25, -0.2) is 0 Å². The van der Waals surface area contributed by atoms with Gasteiger partial charge in [0.15, 0.2) is 13.2 Å². The summed E-state index contributed by atoms with van der Waals surface area (Å²) in [7, 11) is 0. The molecular formula is C16H12F4N2O5. The van der Waals surface area contributed by atoms with E-state index in [1.807, 2.05) is 0 Å². The van der Waals surface area contributed by atoms with Crippen LogP contribution in [-0.2, 0) is 4.79 Å². The van der Waals surface area contributed by atoms with Crippen LogP contribution in [0.1, 0.15) is 0 Å². The van der Waals surface area contributed by atoms with Gasteiger partial charge in [-0.3, -0.25) is 14.9 Å². The fourth-order valence-electron chi connectivity index (χ4n) is 1.87. The van der Waals surface area contributed by atoms with E-state index in [2.05, 4.69) is 10.1 Å². The maximum Gasteiger partial charge on any atom is 0.422 e. The van der Waals surface area contributed by atoms with Crippen molar-refractivity contribution in [2.75, 3.05) is 18.5 Å². The largest absolute Gasteiger partial charge is 0.484 e. The van der Waals surface area contributed by atoms with E-state index in [1.165, 1.54) is 24.3 Å². The molecule has 0 spiro atoms. The Balaban J connectivity index is 1.85. The number of halogens is 4. The molecule has 2 aromatic rings. The minimum atomic E-state index is -4.46. The summed E-state index contributed by atoms with van der Waals surface area (Å²) in [5.41, 5.74) is -0.447. The zero-order valence-corrected chi connectivity index (χ0v) is 13.5. The Morgan fingerprint density at radius 2 is 1.70 bits per heavy atom. The summed E-state index contributed by atoms with van der Waals surface area (Å²) < 4.78 is 59.2. The SMILES string of the molecule is O=C(COc1ccc([N+](=O)[O-])c(F)c1)Nc1ccc(OCC(F)(F)F)cc1. The summed E-state index contributed by atoms with van der Waals surface area (Å²) in [5, 5.41) is 12.9. The van der Waals surface area contributed by atoms with E-state index >= 15 is 0 Å². The molecule has 0 aromatic heterocycles. The molecule has 0 saturated heterocycles. The van der Waals surface area contributed by atoms with Crippen molar-refractivity contribution in [1.82, 2.24) is 0 Å². The van der Waals surface area contributed by atoms with Gasteiger partial charge < -0.3 is 14.8 Å². The van der Waals surface area contributed by atoms with E-state index in [0.717, 1.165) is 18.2 Å². The Labute approximate surface area is 149 Å². The second-order valence-corrected chi connectivity index (χ2v) is 5.14. The molecule has 7 nitrogen and oxygen atoms in total. The van der Waals surface area contributed by atoms with Crippen LogP contribution in [0.2, 0.25) is 0 Å². The first-order valence-electron chi connectivity index (χ1n) is 7.30. The Morgan fingerprint density at radius 3 is 2.26 bits per heavy atom. The van der Waals surface area contributed by atoms with Crippen molar-refractivity contribution in [3.8, 4) is 11.5 Å². The molecule has 0 aliphatic heterocycles. The topological polar surface area (TPSA) is 90.7 Å². The third-order valence-corrected chi connectivity index (χ3v) is 3.03. The summed E-state index contributed by atoms with van der Waals surface area (Å²) in [6.45, 7) is -1.94. The average molecular weight is 388 g/mol. The summed E-state index contributed by atoms with van der Waals surface area (Å²) in [4.78, 5) is 21.4. The first-order valence-corrected chi connectivity index (χ1v) is 7.30. The molecular weight excluding hydrogens is 376 g/mol. The molecule has 0 radical (unpaired) electrons. The number of carbonyl (C=O) groups is 1. The van der Waals surface area contributed by atoms with E-state index in [9.17, 15) is 32.5 Å². The quantitative estimate of drug-likeness (QED) is 0.444. The highest BCUT2D eigenvalue weighted by molar-refractivity contribution is 5.91. The van der Waals surface area contributed by atoms with E-state index in [1.54, 1.807) is 0 Å². The summed E-state index contributed by atoms with van der Waals surface area (Å²) >= 11 is 0. The smallest absolute Gasteiger partial charge is 0.422 e. The summed E-state index contributed by atoms with van der Waals surface area (Å²) in [6, 6.07) is 7.97. The van der Waals surface area contributed by atoms with Gasteiger partial charge >= 0.3 is 11.9 Å². The summed E-state index contributed by atoms with van der Waals surface area (Å²) in [5.74, 6) is -1.84. The van der Waals surface area contributed by atoms with Crippen LogP contribution >= 0.6 is 0 Å². The van der Waals surface area contributed by atoms with Crippen molar-refractivity contribution in [2.45, 2.75) is 6.18 Å². The van der Waals surface area contributed by atoms with Gasteiger partial charge in [-0.1, -0.05) is 0 Å². The Bertz CT molecular complexity index is 825. The van der Waals surface area contributed by atoms with Crippen LogP contribution in [0.15, 0.2) is 42.5 Å². The number of ether oxygens (including phenoxy) is 2. The highest BCUT2D eigenvalue weighted by atomic mass is 19.4. The van der Waals surface area contributed by atoms with Gasteiger partial charge in [0.2, 0.25) is 5.82 Å². The third-order valence-electron chi connectivity index (χ3n) is 3.03. The molecule has 0 saturated carbocycles. The number of amides is 1.